The molecule has 1 saturated heterocycles. The van der Waals surface area contributed by atoms with Gasteiger partial charge in [0.2, 0.25) is 0 Å². The van der Waals surface area contributed by atoms with Crippen LogP contribution in [0.25, 0.3) is 5.69 Å². The first kappa shape index (κ1) is 18.7. The number of piperazine rings is 1. The monoisotopic (exact) mass is 394 g/mol. The molecule has 0 atom stereocenters. The molecule has 3 aromatic rings. The molecule has 150 valence electrons. The third-order valence-electron chi connectivity index (χ3n) is 4.86. The lowest BCUT2D eigenvalue weighted by atomic mass is 10.2. The van der Waals surface area contributed by atoms with Gasteiger partial charge in [-0.2, -0.15) is 0 Å². The molecule has 29 heavy (non-hydrogen) atoms. The Balaban J connectivity index is 1.28. The van der Waals surface area contributed by atoms with Crippen molar-refractivity contribution < 1.29 is 14.3 Å². The Morgan fingerprint density at radius 1 is 1.00 bits per heavy atom. The molecule has 9 nitrogen and oxygen atoms in total. The number of anilines is 1. The molecule has 2 heterocycles. The second-order valence-electron chi connectivity index (χ2n) is 6.61. The predicted octanol–water partition coefficient (Wildman–Crippen LogP) is 1.40. The van der Waals surface area contributed by atoms with Crippen molar-refractivity contribution in [3.63, 3.8) is 0 Å². The van der Waals surface area contributed by atoms with E-state index in [0.29, 0.717) is 18.8 Å². The molecule has 0 saturated carbocycles. The van der Waals surface area contributed by atoms with E-state index in [2.05, 4.69) is 20.4 Å². The summed E-state index contributed by atoms with van der Waals surface area (Å²) in [5, 5.41) is 11.1. The van der Waals surface area contributed by atoms with E-state index < -0.39 is 0 Å². The maximum Gasteiger partial charge on any atom is 0.260 e. The van der Waals surface area contributed by atoms with Gasteiger partial charge in [0.15, 0.2) is 6.61 Å². The van der Waals surface area contributed by atoms with E-state index in [9.17, 15) is 4.79 Å². The molecule has 0 radical (unpaired) electrons. The lowest BCUT2D eigenvalue weighted by Gasteiger charge is -2.36. The topological polar surface area (TPSA) is 85.6 Å². The SMILES string of the molecule is COc1ccc(N2CCN(C(=O)COc3cccc(-n4cnnn4)c3)CC2)cc1. The van der Waals surface area contributed by atoms with E-state index in [1.54, 1.807) is 13.2 Å². The van der Waals surface area contributed by atoms with E-state index in [1.165, 1.54) is 11.0 Å². The van der Waals surface area contributed by atoms with Crippen LogP contribution in [-0.4, -0.2) is 70.9 Å². The van der Waals surface area contributed by atoms with Crippen LogP contribution >= 0.6 is 0 Å². The zero-order valence-electron chi connectivity index (χ0n) is 16.1. The first-order valence-corrected chi connectivity index (χ1v) is 9.36. The molecule has 2 aromatic carbocycles. The van der Waals surface area contributed by atoms with Crippen LogP contribution in [-0.2, 0) is 4.79 Å². The zero-order chi connectivity index (χ0) is 20.1. The Hall–Kier alpha value is -3.62. The van der Waals surface area contributed by atoms with Gasteiger partial charge in [-0.05, 0) is 46.8 Å². The minimum atomic E-state index is -0.0211. The average Bonchev–Trinajstić information content (AvgIpc) is 3.33. The number of aromatic nitrogens is 4. The van der Waals surface area contributed by atoms with E-state index in [-0.39, 0.29) is 12.5 Å². The molecular formula is C20H22N6O3. The van der Waals surface area contributed by atoms with Gasteiger partial charge in [0.05, 0.1) is 12.8 Å². The molecule has 0 unspecified atom stereocenters. The Morgan fingerprint density at radius 2 is 1.79 bits per heavy atom. The Morgan fingerprint density at radius 3 is 2.48 bits per heavy atom. The van der Waals surface area contributed by atoms with Crippen molar-refractivity contribution in [2.24, 2.45) is 0 Å². The summed E-state index contributed by atoms with van der Waals surface area (Å²) in [6, 6.07) is 15.3. The lowest BCUT2D eigenvalue weighted by Crippen LogP contribution is -2.50. The van der Waals surface area contributed by atoms with Gasteiger partial charge < -0.3 is 19.3 Å². The van der Waals surface area contributed by atoms with Crippen molar-refractivity contribution in [3.8, 4) is 17.2 Å². The summed E-state index contributed by atoms with van der Waals surface area (Å²) in [6.45, 7) is 2.90. The number of tetrazole rings is 1. The van der Waals surface area contributed by atoms with Crippen molar-refractivity contribution in [2.75, 3.05) is 44.8 Å². The van der Waals surface area contributed by atoms with Gasteiger partial charge in [0.1, 0.15) is 17.8 Å². The molecule has 1 aromatic heterocycles. The molecular weight excluding hydrogens is 372 g/mol. The van der Waals surface area contributed by atoms with Crippen LogP contribution in [0.2, 0.25) is 0 Å². The third kappa shape index (κ3) is 4.45. The number of benzene rings is 2. The van der Waals surface area contributed by atoms with Crippen LogP contribution in [0.15, 0.2) is 54.9 Å². The molecule has 4 rings (SSSR count). The van der Waals surface area contributed by atoms with Gasteiger partial charge in [0, 0.05) is 37.9 Å². The average molecular weight is 394 g/mol. The molecule has 1 aliphatic heterocycles. The lowest BCUT2D eigenvalue weighted by molar-refractivity contribution is -0.133. The zero-order valence-corrected chi connectivity index (χ0v) is 16.1. The fourth-order valence-electron chi connectivity index (χ4n) is 3.24. The standard InChI is InChI=1S/C20H22N6O3/c1-28-18-7-5-16(6-8-18)24-9-11-25(12-10-24)20(27)14-29-19-4-2-3-17(13-19)26-15-21-22-23-26/h2-8,13,15H,9-12,14H2,1H3. The van der Waals surface area contributed by atoms with Gasteiger partial charge in [-0.1, -0.05) is 6.07 Å². The second kappa shape index (κ2) is 8.59. The predicted molar refractivity (Wildman–Crippen MR) is 106 cm³/mol. The Kier molecular flexibility index (Phi) is 5.55. The summed E-state index contributed by atoms with van der Waals surface area (Å²) in [4.78, 5) is 16.6. The Bertz CT molecular complexity index is 937. The largest absolute Gasteiger partial charge is 0.497 e. The highest BCUT2D eigenvalue weighted by Gasteiger charge is 2.21. The van der Waals surface area contributed by atoms with Crippen LogP contribution in [0.3, 0.4) is 0 Å². The van der Waals surface area contributed by atoms with Crippen molar-refractivity contribution in [1.29, 1.82) is 0 Å². The number of amides is 1. The first-order chi connectivity index (χ1) is 14.2. The van der Waals surface area contributed by atoms with Crippen LogP contribution in [0, 0.1) is 0 Å². The Labute approximate surface area is 168 Å². The molecule has 0 bridgehead atoms. The van der Waals surface area contributed by atoms with Gasteiger partial charge in [-0.25, -0.2) is 4.68 Å². The fraction of sp³-hybridized carbons (Fsp3) is 0.300. The number of rotatable bonds is 6. The van der Waals surface area contributed by atoms with Crippen molar-refractivity contribution in [2.45, 2.75) is 0 Å². The van der Waals surface area contributed by atoms with Gasteiger partial charge in [-0.3, -0.25) is 4.79 Å². The molecule has 0 aliphatic carbocycles. The number of ether oxygens (including phenoxy) is 2. The molecule has 1 aliphatic rings. The highest BCUT2D eigenvalue weighted by Crippen LogP contribution is 2.21. The van der Waals surface area contributed by atoms with Crippen LogP contribution in [0.1, 0.15) is 0 Å². The minimum Gasteiger partial charge on any atom is -0.497 e. The first-order valence-electron chi connectivity index (χ1n) is 9.36. The van der Waals surface area contributed by atoms with Gasteiger partial charge in [-0.15, -0.1) is 5.10 Å². The van der Waals surface area contributed by atoms with E-state index in [1.807, 2.05) is 47.4 Å². The van der Waals surface area contributed by atoms with E-state index >= 15 is 0 Å². The number of nitrogens with zero attached hydrogens (tertiary/aromatic N) is 6. The number of hydrogen-bond donors (Lipinski definition) is 0. The van der Waals surface area contributed by atoms with Crippen LogP contribution in [0.5, 0.6) is 11.5 Å². The molecule has 0 N–H and O–H groups in total. The molecule has 9 heteroatoms. The van der Waals surface area contributed by atoms with Crippen molar-refractivity contribution in [1.82, 2.24) is 25.1 Å². The van der Waals surface area contributed by atoms with Crippen molar-refractivity contribution in [3.05, 3.63) is 54.9 Å². The summed E-state index contributed by atoms with van der Waals surface area (Å²) in [5.74, 6) is 1.42. The van der Waals surface area contributed by atoms with Gasteiger partial charge >= 0.3 is 0 Å². The number of carbonyl (C=O) groups is 1. The summed E-state index contributed by atoms with van der Waals surface area (Å²) < 4.78 is 12.4. The number of methoxy groups -OCH3 is 1. The van der Waals surface area contributed by atoms with Crippen LogP contribution in [0.4, 0.5) is 5.69 Å². The normalized spacial score (nSPS) is 14.0. The van der Waals surface area contributed by atoms with E-state index in [4.69, 9.17) is 9.47 Å². The fourth-order valence-corrected chi connectivity index (χ4v) is 3.24. The summed E-state index contributed by atoms with van der Waals surface area (Å²) >= 11 is 0. The quantitative estimate of drug-likeness (QED) is 0.625. The summed E-state index contributed by atoms with van der Waals surface area (Å²) in [6.07, 6.45) is 1.51. The second-order valence-corrected chi connectivity index (χ2v) is 6.61. The molecule has 1 fully saturated rings. The van der Waals surface area contributed by atoms with Crippen molar-refractivity contribution >= 4 is 11.6 Å². The molecule has 0 spiro atoms. The highest BCUT2D eigenvalue weighted by atomic mass is 16.5. The maximum atomic E-state index is 12.5. The summed E-state index contributed by atoms with van der Waals surface area (Å²) in [7, 11) is 1.66. The molecule has 1 amide bonds. The maximum absolute atomic E-state index is 12.5. The number of hydrogen-bond acceptors (Lipinski definition) is 7. The highest BCUT2D eigenvalue weighted by molar-refractivity contribution is 5.78. The third-order valence-corrected chi connectivity index (χ3v) is 4.86. The van der Waals surface area contributed by atoms with E-state index in [0.717, 1.165) is 30.2 Å². The van der Waals surface area contributed by atoms with Crippen LogP contribution < -0.4 is 14.4 Å². The number of carbonyl (C=O) groups excluding carboxylic acids is 1. The smallest absolute Gasteiger partial charge is 0.260 e. The van der Waals surface area contributed by atoms with Gasteiger partial charge in [0.25, 0.3) is 5.91 Å². The minimum absolute atomic E-state index is 0.00158. The summed E-state index contributed by atoms with van der Waals surface area (Å²) in [5.41, 5.74) is 1.90.